The van der Waals surface area contributed by atoms with Crippen LogP contribution in [0.2, 0.25) is 0 Å². The van der Waals surface area contributed by atoms with E-state index in [1.54, 1.807) is 18.4 Å². The second kappa shape index (κ2) is 5.64. The van der Waals surface area contributed by atoms with Gasteiger partial charge in [0.25, 0.3) is 5.91 Å². The third kappa shape index (κ3) is 2.79. The van der Waals surface area contributed by atoms with Crippen LogP contribution in [0.1, 0.15) is 21.7 Å². The van der Waals surface area contributed by atoms with Crippen LogP contribution in [0.4, 0.5) is 5.69 Å². The van der Waals surface area contributed by atoms with Crippen molar-refractivity contribution in [2.24, 2.45) is 0 Å². The van der Waals surface area contributed by atoms with Gasteiger partial charge in [0, 0.05) is 31.9 Å². The van der Waals surface area contributed by atoms with Gasteiger partial charge in [0.05, 0.1) is 6.26 Å². The minimum Gasteiger partial charge on any atom is -0.459 e. The quantitative estimate of drug-likeness (QED) is 0.851. The summed E-state index contributed by atoms with van der Waals surface area (Å²) in [7, 11) is 0. The monoisotopic (exact) mass is 284 g/mol. The van der Waals surface area contributed by atoms with Gasteiger partial charge in [-0.15, -0.1) is 0 Å². The van der Waals surface area contributed by atoms with Gasteiger partial charge >= 0.3 is 0 Å². The molecular weight excluding hydrogens is 264 g/mol. The van der Waals surface area contributed by atoms with Gasteiger partial charge in [0.15, 0.2) is 5.76 Å². The highest BCUT2D eigenvalue weighted by atomic mass is 16.3. The Kier molecular flexibility index (Phi) is 3.69. The molecule has 110 valence electrons. The van der Waals surface area contributed by atoms with E-state index in [0.717, 1.165) is 26.2 Å². The Bertz CT molecular complexity index is 626. The Balaban J connectivity index is 1.66. The first-order chi connectivity index (χ1) is 10.1. The van der Waals surface area contributed by atoms with Crippen molar-refractivity contribution in [3.05, 3.63) is 53.5 Å². The second-order valence-corrected chi connectivity index (χ2v) is 5.55. The number of hydrogen-bond acceptors (Lipinski definition) is 3. The summed E-state index contributed by atoms with van der Waals surface area (Å²) in [5, 5.41) is 0. The zero-order valence-corrected chi connectivity index (χ0v) is 12.5. The number of rotatable bonds is 2. The van der Waals surface area contributed by atoms with E-state index >= 15 is 0 Å². The maximum absolute atomic E-state index is 12.2. The number of aryl methyl sites for hydroxylation is 2. The van der Waals surface area contributed by atoms with Crippen LogP contribution in [0.25, 0.3) is 0 Å². The first kappa shape index (κ1) is 13.7. The Morgan fingerprint density at radius 2 is 1.86 bits per heavy atom. The van der Waals surface area contributed by atoms with Crippen molar-refractivity contribution < 1.29 is 9.21 Å². The molecule has 1 aromatic carbocycles. The number of amides is 1. The molecular formula is C17H20N2O2. The van der Waals surface area contributed by atoms with E-state index in [-0.39, 0.29) is 5.91 Å². The zero-order valence-electron chi connectivity index (χ0n) is 12.5. The molecule has 1 saturated heterocycles. The van der Waals surface area contributed by atoms with E-state index in [0.29, 0.717) is 5.76 Å². The van der Waals surface area contributed by atoms with Crippen LogP contribution in [0, 0.1) is 13.8 Å². The highest BCUT2D eigenvalue weighted by molar-refractivity contribution is 5.91. The number of hydrogen-bond donors (Lipinski definition) is 0. The average Bonchev–Trinajstić information content (AvgIpc) is 3.01. The van der Waals surface area contributed by atoms with E-state index < -0.39 is 0 Å². The molecule has 1 aliphatic heterocycles. The van der Waals surface area contributed by atoms with Crippen molar-refractivity contribution in [3.8, 4) is 0 Å². The predicted octanol–water partition coefficient (Wildman–Crippen LogP) is 2.86. The number of anilines is 1. The lowest BCUT2D eigenvalue weighted by atomic mass is 10.1. The van der Waals surface area contributed by atoms with Crippen LogP contribution in [0.3, 0.4) is 0 Å². The summed E-state index contributed by atoms with van der Waals surface area (Å²) in [5.74, 6) is 0.412. The van der Waals surface area contributed by atoms with Gasteiger partial charge in [-0.1, -0.05) is 17.7 Å². The van der Waals surface area contributed by atoms with Crippen LogP contribution in [0.15, 0.2) is 41.0 Å². The van der Waals surface area contributed by atoms with Gasteiger partial charge in [0.1, 0.15) is 0 Å². The van der Waals surface area contributed by atoms with Crippen LogP contribution in [-0.2, 0) is 0 Å². The second-order valence-electron chi connectivity index (χ2n) is 5.55. The summed E-state index contributed by atoms with van der Waals surface area (Å²) in [6.45, 7) is 7.42. The van der Waals surface area contributed by atoms with E-state index in [4.69, 9.17) is 4.42 Å². The molecule has 0 unspecified atom stereocenters. The van der Waals surface area contributed by atoms with Crippen LogP contribution in [-0.4, -0.2) is 37.0 Å². The maximum Gasteiger partial charge on any atom is 0.289 e. The maximum atomic E-state index is 12.2. The summed E-state index contributed by atoms with van der Waals surface area (Å²) in [5.41, 5.74) is 3.84. The fourth-order valence-electron chi connectivity index (χ4n) is 2.87. The van der Waals surface area contributed by atoms with Crippen LogP contribution < -0.4 is 4.90 Å². The molecule has 1 amide bonds. The van der Waals surface area contributed by atoms with Gasteiger partial charge in [0.2, 0.25) is 0 Å². The van der Waals surface area contributed by atoms with Gasteiger partial charge in [-0.25, -0.2) is 0 Å². The molecule has 0 saturated carbocycles. The Morgan fingerprint density at radius 3 is 2.48 bits per heavy atom. The van der Waals surface area contributed by atoms with E-state index in [2.05, 4.69) is 36.9 Å². The molecule has 2 heterocycles. The van der Waals surface area contributed by atoms with Gasteiger partial charge < -0.3 is 14.2 Å². The minimum absolute atomic E-state index is 0.0136. The number of carbonyl (C=O) groups excluding carboxylic acids is 1. The van der Waals surface area contributed by atoms with Crippen molar-refractivity contribution in [1.82, 2.24) is 4.90 Å². The minimum atomic E-state index is -0.0136. The molecule has 2 aromatic rings. The third-order valence-electron chi connectivity index (χ3n) is 3.99. The molecule has 0 N–H and O–H groups in total. The fourth-order valence-corrected chi connectivity index (χ4v) is 2.87. The first-order valence-corrected chi connectivity index (χ1v) is 7.30. The summed E-state index contributed by atoms with van der Waals surface area (Å²) < 4.78 is 5.19. The summed E-state index contributed by atoms with van der Waals surface area (Å²) in [6, 6.07) is 9.99. The Labute approximate surface area is 125 Å². The van der Waals surface area contributed by atoms with Crippen LogP contribution >= 0.6 is 0 Å². The molecule has 4 heteroatoms. The zero-order chi connectivity index (χ0) is 14.8. The van der Waals surface area contributed by atoms with Crippen LogP contribution in [0.5, 0.6) is 0 Å². The van der Waals surface area contributed by atoms with Crippen molar-refractivity contribution in [2.75, 3.05) is 31.1 Å². The molecule has 0 atom stereocenters. The highest BCUT2D eigenvalue weighted by Crippen LogP contribution is 2.22. The summed E-state index contributed by atoms with van der Waals surface area (Å²) in [4.78, 5) is 16.4. The van der Waals surface area contributed by atoms with Crippen molar-refractivity contribution in [1.29, 1.82) is 0 Å². The summed E-state index contributed by atoms with van der Waals surface area (Å²) >= 11 is 0. The molecule has 1 fully saturated rings. The third-order valence-corrected chi connectivity index (χ3v) is 3.99. The first-order valence-electron chi connectivity index (χ1n) is 7.30. The highest BCUT2D eigenvalue weighted by Gasteiger charge is 2.24. The van der Waals surface area contributed by atoms with Crippen molar-refractivity contribution in [2.45, 2.75) is 13.8 Å². The smallest absolute Gasteiger partial charge is 0.289 e. The lowest BCUT2D eigenvalue weighted by Gasteiger charge is -2.36. The predicted molar refractivity (Wildman–Crippen MR) is 82.7 cm³/mol. The number of benzene rings is 1. The molecule has 3 rings (SSSR count). The van der Waals surface area contributed by atoms with E-state index in [9.17, 15) is 4.79 Å². The topological polar surface area (TPSA) is 36.7 Å². The van der Waals surface area contributed by atoms with Crippen molar-refractivity contribution in [3.63, 3.8) is 0 Å². The molecule has 21 heavy (non-hydrogen) atoms. The van der Waals surface area contributed by atoms with E-state index in [1.165, 1.54) is 16.8 Å². The number of nitrogens with zero attached hydrogens (tertiary/aromatic N) is 2. The van der Waals surface area contributed by atoms with E-state index in [1.807, 2.05) is 4.90 Å². The standard InChI is InChI=1S/C17H20N2O2/c1-13-5-6-15(14(2)12-13)18-7-9-19(10-8-18)17(20)16-4-3-11-21-16/h3-6,11-12H,7-10H2,1-2H3. The molecule has 0 aliphatic carbocycles. The molecule has 1 aliphatic rings. The van der Waals surface area contributed by atoms with Gasteiger partial charge in [-0.05, 0) is 37.6 Å². The van der Waals surface area contributed by atoms with Gasteiger partial charge in [-0.2, -0.15) is 0 Å². The Hall–Kier alpha value is -2.23. The molecule has 0 spiro atoms. The lowest BCUT2D eigenvalue weighted by molar-refractivity contribution is 0.0714. The lowest BCUT2D eigenvalue weighted by Crippen LogP contribution is -2.48. The molecule has 0 radical (unpaired) electrons. The molecule has 1 aromatic heterocycles. The number of furan rings is 1. The average molecular weight is 284 g/mol. The molecule has 4 nitrogen and oxygen atoms in total. The molecule has 0 bridgehead atoms. The number of carbonyl (C=O) groups is 1. The number of piperazine rings is 1. The Morgan fingerprint density at radius 1 is 1.10 bits per heavy atom. The van der Waals surface area contributed by atoms with Crippen molar-refractivity contribution >= 4 is 11.6 Å². The summed E-state index contributed by atoms with van der Waals surface area (Å²) in [6.07, 6.45) is 1.54. The SMILES string of the molecule is Cc1ccc(N2CCN(C(=O)c3ccco3)CC2)c(C)c1. The van der Waals surface area contributed by atoms with Gasteiger partial charge in [-0.3, -0.25) is 4.79 Å². The fraction of sp³-hybridized carbons (Fsp3) is 0.353. The largest absolute Gasteiger partial charge is 0.459 e. The normalized spacial score (nSPS) is 15.3.